The summed E-state index contributed by atoms with van der Waals surface area (Å²) in [6.07, 6.45) is 1.81. The first-order valence-electron chi connectivity index (χ1n) is 11.7. The predicted octanol–water partition coefficient (Wildman–Crippen LogP) is 3.75. The minimum atomic E-state index is -0.324. The molecule has 0 saturated carbocycles. The molecule has 0 aliphatic carbocycles. The number of thioether (sulfide) groups is 1. The molecule has 0 N–H and O–H groups in total. The van der Waals surface area contributed by atoms with E-state index in [-0.39, 0.29) is 22.9 Å². The van der Waals surface area contributed by atoms with E-state index < -0.39 is 0 Å². The van der Waals surface area contributed by atoms with E-state index in [1.165, 1.54) is 17.4 Å². The summed E-state index contributed by atoms with van der Waals surface area (Å²) in [5.74, 6) is 0.895. The molecule has 2 aromatic rings. The van der Waals surface area contributed by atoms with Gasteiger partial charge in [-0.15, -0.1) is 0 Å². The molecule has 0 spiro atoms. The Morgan fingerprint density at radius 1 is 1.11 bits per heavy atom. The van der Waals surface area contributed by atoms with Gasteiger partial charge in [-0.25, -0.2) is 0 Å². The number of hydrogen-bond donors (Lipinski definition) is 0. The van der Waals surface area contributed by atoms with Gasteiger partial charge in [0.2, 0.25) is 0 Å². The Bertz CT molecular complexity index is 1290. The van der Waals surface area contributed by atoms with Gasteiger partial charge in [0.25, 0.3) is 11.5 Å². The van der Waals surface area contributed by atoms with Gasteiger partial charge >= 0.3 is 0 Å². The second-order valence-corrected chi connectivity index (χ2v) is 10.9. The zero-order valence-corrected chi connectivity index (χ0v) is 22.1. The molecule has 2 saturated heterocycles. The van der Waals surface area contributed by atoms with E-state index in [1.807, 2.05) is 38.1 Å². The zero-order chi connectivity index (χ0) is 25.3. The molecule has 3 heterocycles. The van der Waals surface area contributed by atoms with E-state index in [2.05, 4.69) is 28.0 Å². The number of benzene rings is 1. The molecule has 2 fully saturated rings. The molecule has 7 nitrogen and oxygen atoms in total. The molecule has 0 radical (unpaired) electrons. The summed E-state index contributed by atoms with van der Waals surface area (Å²) in [5.41, 5.74) is 2.26. The number of aromatic nitrogens is 1. The van der Waals surface area contributed by atoms with Crippen LogP contribution in [0.25, 0.3) is 6.08 Å². The zero-order valence-electron chi connectivity index (χ0n) is 20.4. The summed E-state index contributed by atoms with van der Waals surface area (Å²) in [7, 11) is 1.70. The first-order chi connectivity index (χ1) is 16.7. The van der Waals surface area contributed by atoms with Crippen molar-refractivity contribution in [2.45, 2.75) is 20.8 Å². The van der Waals surface area contributed by atoms with Crippen LogP contribution in [0.4, 0.5) is 11.5 Å². The molecule has 2 aliphatic heterocycles. The lowest BCUT2D eigenvalue weighted by atomic mass is 10.0. The molecule has 1 aromatic heterocycles. The topological polar surface area (TPSA) is 72.6 Å². The molecular formula is C26H29N5O2S2. The van der Waals surface area contributed by atoms with Crippen LogP contribution in [0.2, 0.25) is 0 Å². The van der Waals surface area contributed by atoms with Gasteiger partial charge in [0.05, 0.1) is 4.91 Å². The number of anilines is 2. The summed E-state index contributed by atoms with van der Waals surface area (Å²) in [4.78, 5) is 32.8. The largest absolute Gasteiger partial charge is 0.368 e. The lowest BCUT2D eigenvalue weighted by molar-refractivity contribution is -0.122. The van der Waals surface area contributed by atoms with Crippen LogP contribution in [-0.2, 0) is 11.8 Å². The maximum atomic E-state index is 13.2. The van der Waals surface area contributed by atoms with Gasteiger partial charge in [0.1, 0.15) is 21.8 Å². The number of para-hydroxylation sites is 1. The van der Waals surface area contributed by atoms with Crippen molar-refractivity contribution in [3.05, 3.63) is 62.3 Å². The summed E-state index contributed by atoms with van der Waals surface area (Å²) in [6, 6.07) is 12.3. The number of carbonyl (C=O) groups is 1. The molecule has 182 valence electrons. The van der Waals surface area contributed by atoms with Gasteiger partial charge in [-0.1, -0.05) is 56.0 Å². The van der Waals surface area contributed by atoms with E-state index in [9.17, 15) is 14.9 Å². The minimum absolute atomic E-state index is 0.100. The van der Waals surface area contributed by atoms with E-state index in [4.69, 9.17) is 12.2 Å². The van der Waals surface area contributed by atoms with Crippen molar-refractivity contribution in [2.75, 3.05) is 42.5 Å². The molecule has 1 aromatic carbocycles. The summed E-state index contributed by atoms with van der Waals surface area (Å²) in [6.45, 7) is 9.46. The number of carbonyl (C=O) groups excluding carboxylic acids is 1. The average Bonchev–Trinajstić information content (AvgIpc) is 3.11. The fourth-order valence-corrected chi connectivity index (χ4v) is 5.82. The molecule has 35 heavy (non-hydrogen) atoms. The molecule has 4 rings (SSSR count). The third-order valence-corrected chi connectivity index (χ3v) is 7.74. The molecular weight excluding hydrogens is 478 g/mol. The second kappa shape index (κ2) is 10.3. The Morgan fingerprint density at radius 2 is 1.74 bits per heavy atom. The van der Waals surface area contributed by atoms with Gasteiger partial charge in [-0.05, 0) is 36.6 Å². The Morgan fingerprint density at radius 3 is 2.34 bits per heavy atom. The van der Waals surface area contributed by atoms with Crippen LogP contribution in [0.5, 0.6) is 0 Å². The predicted molar refractivity (Wildman–Crippen MR) is 147 cm³/mol. The number of nitrogens with zero attached hydrogens (tertiary/aromatic N) is 5. The molecule has 0 bridgehead atoms. The van der Waals surface area contributed by atoms with Crippen LogP contribution < -0.4 is 15.4 Å². The third-order valence-electron chi connectivity index (χ3n) is 6.37. The Balaban J connectivity index is 1.73. The Labute approximate surface area is 215 Å². The Hall–Kier alpha value is -3.09. The molecule has 1 amide bonds. The average molecular weight is 508 g/mol. The SMILES string of the molecule is Cc1c(C=C2SC(=S)N(CC(C)C)C2=O)c(N2CCN(c3ccccc3)CC2)n(C)c(=O)c1C#N. The summed E-state index contributed by atoms with van der Waals surface area (Å²) >= 11 is 6.75. The Kier molecular flexibility index (Phi) is 7.33. The summed E-state index contributed by atoms with van der Waals surface area (Å²) < 4.78 is 2.08. The maximum absolute atomic E-state index is 13.2. The van der Waals surface area contributed by atoms with Gasteiger partial charge in [0.15, 0.2) is 0 Å². The second-order valence-electron chi connectivity index (χ2n) is 9.21. The van der Waals surface area contributed by atoms with Gasteiger partial charge in [-0.2, -0.15) is 5.26 Å². The van der Waals surface area contributed by atoms with Crippen LogP contribution in [0.3, 0.4) is 0 Å². The van der Waals surface area contributed by atoms with Crippen molar-refractivity contribution in [2.24, 2.45) is 13.0 Å². The third kappa shape index (κ3) is 4.86. The maximum Gasteiger partial charge on any atom is 0.270 e. The first kappa shape index (κ1) is 25.0. The number of amides is 1. The standard InChI is InChI=1S/C26H29N5O2S2/c1-17(2)16-31-25(33)22(35-26(31)34)14-20-18(3)21(15-27)24(32)28(4)23(20)30-12-10-29(11-13-30)19-8-6-5-7-9-19/h5-9,14,17H,10-13,16H2,1-4H3. The van der Waals surface area contributed by atoms with Crippen molar-refractivity contribution in [3.8, 4) is 6.07 Å². The molecule has 0 atom stereocenters. The number of rotatable bonds is 5. The smallest absolute Gasteiger partial charge is 0.270 e. The van der Waals surface area contributed by atoms with Gasteiger partial charge in [0, 0.05) is 51.0 Å². The van der Waals surface area contributed by atoms with Gasteiger partial charge in [-0.3, -0.25) is 19.1 Å². The fourth-order valence-electron chi connectivity index (χ4n) is 4.56. The number of piperazine rings is 1. The molecule has 0 unspecified atom stereocenters. The highest BCUT2D eigenvalue weighted by molar-refractivity contribution is 8.26. The number of hydrogen-bond acceptors (Lipinski definition) is 7. The van der Waals surface area contributed by atoms with Crippen molar-refractivity contribution < 1.29 is 4.79 Å². The van der Waals surface area contributed by atoms with E-state index in [1.54, 1.807) is 23.4 Å². The monoisotopic (exact) mass is 507 g/mol. The molecule has 2 aliphatic rings. The quantitative estimate of drug-likeness (QED) is 0.451. The van der Waals surface area contributed by atoms with Crippen LogP contribution in [0, 0.1) is 24.2 Å². The van der Waals surface area contributed by atoms with Crippen LogP contribution in [0.1, 0.15) is 30.5 Å². The molecule has 9 heteroatoms. The van der Waals surface area contributed by atoms with E-state index in [0.29, 0.717) is 34.4 Å². The van der Waals surface area contributed by atoms with Crippen molar-refractivity contribution in [1.29, 1.82) is 5.26 Å². The number of nitriles is 1. The summed E-state index contributed by atoms with van der Waals surface area (Å²) in [5, 5.41) is 9.70. The highest BCUT2D eigenvalue weighted by Crippen LogP contribution is 2.36. The van der Waals surface area contributed by atoms with E-state index in [0.717, 1.165) is 24.5 Å². The van der Waals surface area contributed by atoms with Crippen LogP contribution in [0.15, 0.2) is 40.0 Å². The van der Waals surface area contributed by atoms with Crippen molar-refractivity contribution >= 4 is 51.8 Å². The first-order valence-corrected chi connectivity index (χ1v) is 12.9. The number of pyridine rings is 1. The lowest BCUT2D eigenvalue weighted by Gasteiger charge is -2.38. The number of thiocarbonyl (C=S) groups is 1. The minimum Gasteiger partial charge on any atom is -0.368 e. The van der Waals surface area contributed by atoms with Crippen molar-refractivity contribution in [3.63, 3.8) is 0 Å². The van der Waals surface area contributed by atoms with Gasteiger partial charge < -0.3 is 9.80 Å². The van der Waals surface area contributed by atoms with E-state index >= 15 is 0 Å². The van der Waals surface area contributed by atoms with Crippen LogP contribution in [-0.4, -0.2) is 52.4 Å². The highest BCUT2D eigenvalue weighted by Gasteiger charge is 2.33. The lowest BCUT2D eigenvalue weighted by Crippen LogP contribution is -2.48. The fraction of sp³-hybridized carbons (Fsp3) is 0.385. The normalized spacial score (nSPS) is 17.6. The van der Waals surface area contributed by atoms with Crippen molar-refractivity contribution in [1.82, 2.24) is 9.47 Å². The highest BCUT2D eigenvalue weighted by atomic mass is 32.2. The van der Waals surface area contributed by atoms with Crippen LogP contribution >= 0.6 is 24.0 Å².